The van der Waals surface area contributed by atoms with E-state index in [1.165, 1.54) is 19.4 Å². The average molecular weight is 348 g/mol. The third-order valence-corrected chi connectivity index (χ3v) is 4.49. The number of carbonyl (C=O) groups is 1. The second kappa shape index (κ2) is 5.96. The van der Waals surface area contributed by atoms with Crippen LogP contribution in [0.3, 0.4) is 0 Å². The van der Waals surface area contributed by atoms with Gasteiger partial charge >= 0.3 is 0 Å². The maximum Gasteiger partial charge on any atom is 0.269 e. The first-order valence-electron chi connectivity index (χ1n) is 5.55. The van der Waals surface area contributed by atoms with Crippen LogP contribution in [-0.2, 0) is 9.05 Å². The average Bonchev–Trinajstić information content (AvgIpc) is 2.91. The third-order valence-electron chi connectivity index (χ3n) is 2.50. The number of nitrogens with zero attached hydrogens (tertiary/aromatic N) is 2. The van der Waals surface area contributed by atoms with Crippen molar-refractivity contribution in [2.75, 3.05) is 12.4 Å². The molecule has 1 amide bonds. The summed E-state index contributed by atoms with van der Waals surface area (Å²) < 4.78 is 31.8. The molecule has 1 aromatic carbocycles. The van der Waals surface area contributed by atoms with Crippen LogP contribution in [0.1, 0.15) is 15.2 Å². The topological polar surface area (TPSA) is 98.2 Å². The van der Waals surface area contributed by atoms with Gasteiger partial charge in [0.15, 0.2) is 5.75 Å². The molecule has 0 saturated carbocycles. The summed E-state index contributed by atoms with van der Waals surface area (Å²) in [6, 6.07) is 2.95. The molecule has 1 N–H and O–H groups in total. The SMILES string of the molecule is COc1c(NC(=O)c2cnns2)cc(C)cc1S(=O)(=O)Cl. The smallest absolute Gasteiger partial charge is 0.269 e. The van der Waals surface area contributed by atoms with Crippen LogP contribution in [0.25, 0.3) is 0 Å². The Morgan fingerprint density at radius 2 is 2.14 bits per heavy atom. The van der Waals surface area contributed by atoms with Crippen LogP contribution < -0.4 is 10.1 Å². The summed E-state index contributed by atoms with van der Waals surface area (Å²) in [5, 5.41) is 6.12. The first-order valence-corrected chi connectivity index (χ1v) is 8.63. The lowest BCUT2D eigenvalue weighted by molar-refractivity contribution is 0.103. The molecule has 2 aromatic rings. The van der Waals surface area contributed by atoms with E-state index in [0.717, 1.165) is 11.5 Å². The van der Waals surface area contributed by atoms with Gasteiger partial charge in [-0.2, -0.15) is 0 Å². The van der Waals surface area contributed by atoms with Crippen molar-refractivity contribution in [2.24, 2.45) is 0 Å². The Balaban J connectivity index is 2.49. The number of ether oxygens (including phenoxy) is 1. The minimum atomic E-state index is -4.01. The van der Waals surface area contributed by atoms with E-state index in [1.807, 2.05) is 0 Å². The Morgan fingerprint density at radius 1 is 1.43 bits per heavy atom. The van der Waals surface area contributed by atoms with E-state index in [9.17, 15) is 13.2 Å². The molecule has 0 bridgehead atoms. The number of halogens is 1. The molecule has 0 aliphatic heterocycles. The number of amides is 1. The number of hydrogen-bond donors (Lipinski definition) is 1. The van der Waals surface area contributed by atoms with Crippen molar-refractivity contribution in [3.05, 3.63) is 28.8 Å². The van der Waals surface area contributed by atoms with Crippen molar-refractivity contribution in [3.8, 4) is 5.75 Å². The zero-order valence-electron chi connectivity index (χ0n) is 11.0. The lowest BCUT2D eigenvalue weighted by atomic mass is 10.2. The van der Waals surface area contributed by atoms with E-state index >= 15 is 0 Å². The fraction of sp³-hybridized carbons (Fsp3) is 0.182. The molecule has 112 valence electrons. The van der Waals surface area contributed by atoms with Gasteiger partial charge in [-0.25, -0.2) is 8.42 Å². The van der Waals surface area contributed by atoms with Gasteiger partial charge < -0.3 is 10.1 Å². The maximum absolute atomic E-state index is 12.0. The Hall–Kier alpha value is -1.71. The largest absolute Gasteiger partial charge is 0.493 e. The van der Waals surface area contributed by atoms with E-state index in [2.05, 4.69) is 14.9 Å². The van der Waals surface area contributed by atoms with E-state index in [0.29, 0.717) is 5.56 Å². The molecule has 0 unspecified atom stereocenters. The monoisotopic (exact) mass is 347 g/mol. The summed E-state index contributed by atoms with van der Waals surface area (Å²) in [6.07, 6.45) is 1.31. The molecule has 10 heteroatoms. The Kier molecular flexibility index (Phi) is 4.45. The highest BCUT2D eigenvalue weighted by Gasteiger charge is 2.22. The molecule has 1 aromatic heterocycles. The zero-order chi connectivity index (χ0) is 15.6. The van der Waals surface area contributed by atoms with E-state index < -0.39 is 15.0 Å². The van der Waals surface area contributed by atoms with E-state index in [1.54, 1.807) is 13.0 Å². The van der Waals surface area contributed by atoms with Gasteiger partial charge in [0, 0.05) is 10.7 Å². The number of aryl methyl sites for hydroxylation is 1. The first kappa shape index (κ1) is 15.7. The van der Waals surface area contributed by atoms with Gasteiger partial charge in [-0.1, -0.05) is 4.49 Å². The lowest BCUT2D eigenvalue weighted by Crippen LogP contribution is -2.12. The predicted molar refractivity (Wildman–Crippen MR) is 78.6 cm³/mol. The molecule has 1 heterocycles. The number of hydrogen-bond acceptors (Lipinski definition) is 7. The molecule has 0 aliphatic carbocycles. The molecule has 0 saturated heterocycles. The minimum Gasteiger partial charge on any atom is -0.493 e. The molecule has 0 atom stereocenters. The Morgan fingerprint density at radius 3 is 2.67 bits per heavy atom. The van der Waals surface area contributed by atoms with Gasteiger partial charge in [-0.15, -0.1) is 5.10 Å². The van der Waals surface area contributed by atoms with Crippen LogP contribution in [0.15, 0.2) is 23.2 Å². The standard InChI is InChI=1S/C11H10ClN3O4S2/c1-6-3-7(14-11(16)8-5-13-15-20-8)10(19-2)9(4-6)21(12,17)18/h3-5H,1-2H3,(H,14,16). The van der Waals surface area contributed by atoms with Crippen LogP contribution in [0.2, 0.25) is 0 Å². The van der Waals surface area contributed by atoms with Gasteiger partial charge in [0.2, 0.25) is 0 Å². The van der Waals surface area contributed by atoms with Gasteiger partial charge in [-0.3, -0.25) is 4.79 Å². The highest BCUT2D eigenvalue weighted by atomic mass is 35.7. The number of methoxy groups -OCH3 is 1. The van der Waals surface area contributed by atoms with Crippen molar-refractivity contribution in [1.29, 1.82) is 0 Å². The predicted octanol–water partition coefficient (Wildman–Crippen LogP) is 2.03. The summed E-state index contributed by atoms with van der Waals surface area (Å²) in [5.74, 6) is -0.492. The van der Waals surface area contributed by atoms with Crippen molar-refractivity contribution in [1.82, 2.24) is 9.59 Å². The van der Waals surface area contributed by atoms with Crippen LogP contribution in [0.4, 0.5) is 5.69 Å². The normalized spacial score (nSPS) is 11.2. The fourth-order valence-electron chi connectivity index (χ4n) is 1.68. The Labute approximate surface area is 129 Å². The minimum absolute atomic E-state index is 0.0265. The van der Waals surface area contributed by atoms with Gasteiger partial charge in [0.25, 0.3) is 15.0 Å². The number of rotatable bonds is 4. The summed E-state index contributed by atoms with van der Waals surface area (Å²) in [6.45, 7) is 1.68. The molecule has 2 rings (SSSR count). The van der Waals surface area contributed by atoms with Crippen LogP contribution in [-0.4, -0.2) is 31.0 Å². The van der Waals surface area contributed by atoms with Gasteiger partial charge in [0.05, 0.1) is 19.0 Å². The van der Waals surface area contributed by atoms with Crippen molar-refractivity contribution in [2.45, 2.75) is 11.8 Å². The molecule has 0 radical (unpaired) electrons. The number of anilines is 1. The van der Waals surface area contributed by atoms with E-state index in [4.69, 9.17) is 15.4 Å². The number of carbonyl (C=O) groups excluding carboxylic acids is 1. The highest BCUT2D eigenvalue weighted by Crippen LogP contribution is 2.35. The molecule has 0 fully saturated rings. The van der Waals surface area contributed by atoms with Crippen molar-refractivity contribution >= 4 is 42.9 Å². The molecule has 21 heavy (non-hydrogen) atoms. The lowest BCUT2D eigenvalue weighted by Gasteiger charge is -2.13. The second-order valence-corrected chi connectivity index (χ2v) is 7.34. The van der Waals surface area contributed by atoms with Crippen LogP contribution >= 0.6 is 22.2 Å². The number of nitrogens with one attached hydrogen (secondary N) is 1. The van der Waals surface area contributed by atoms with Crippen molar-refractivity contribution in [3.63, 3.8) is 0 Å². The van der Waals surface area contributed by atoms with Gasteiger partial charge in [-0.05, 0) is 36.2 Å². The number of aromatic nitrogens is 2. The number of benzene rings is 1. The zero-order valence-corrected chi connectivity index (χ0v) is 13.3. The molecule has 0 aliphatic rings. The van der Waals surface area contributed by atoms with Gasteiger partial charge in [0.1, 0.15) is 9.77 Å². The fourth-order valence-corrected chi connectivity index (χ4v) is 3.17. The third kappa shape index (κ3) is 3.49. The van der Waals surface area contributed by atoms with Crippen LogP contribution in [0, 0.1) is 6.92 Å². The van der Waals surface area contributed by atoms with Crippen molar-refractivity contribution < 1.29 is 17.9 Å². The maximum atomic E-state index is 12.0. The summed E-state index contributed by atoms with van der Waals surface area (Å²) in [4.78, 5) is 12.1. The Bertz CT molecular complexity index is 775. The van der Waals surface area contributed by atoms with E-state index in [-0.39, 0.29) is 21.2 Å². The molecular weight excluding hydrogens is 338 g/mol. The second-order valence-electron chi connectivity index (χ2n) is 4.02. The summed E-state index contributed by atoms with van der Waals surface area (Å²) in [5.41, 5.74) is 0.808. The summed E-state index contributed by atoms with van der Waals surface area (Å²) >= 11 is 0.919. The first-order chi connectivity index (χ1) is 9.82. The summed E-state index contributed by atoms with van der Waals surface area (Å²) in [7, 11) is 2.67. The molecule has 0 spiro atoms. The highest BCUT2D eigenvalue weighted by molar-refractivity contribution is 8.13. The van der Waals surface area contributed by atoms with Crippen LogP contribution in [0.5, 0.6) is 5.75 Å². The quantitative estimate of drug-likeness (QED) is 0.850. The molecule has 7 nitrogen and oxygen atoms in total. The molecular formula is C11H10ClN3O4S2.